The second-order valence-corrected chi connectivity index (χ2v) is 5.65. The Labute approximate surface area is 123 Å². The van der Waals surface area contributed by atoms with Gasteiger partial charge >= 0.3 is 0 Å². The summed E-state index contributed by atoms with van der Waals surface area (Å²) >= 11 is 0. The first-order chi connectivity index (χ1) is 9.95. The van der Waals surface area contributed by atoms with Gasteiger partial charge in [0.2, 0.25) is 0 Å². The molecule has 21 heavy (non-hydrogen) atoms. The molecule has 1 fully saturated rings. The van der Waals surface area contributed by atoms with E-state index in [-0.39, 0.29) is 17.6 Å². The summed E-state index contributed by atoms with van der Waals surface area (Å²) in [6, 6.07) is 5.65. The molecule has 5 nitrogen and oxygen atoms in total. The Kier molecular flexibility index (Phi) is 3.08. The van der Waals surface area contributed by atoms with Crippen LogP contribution in [0.3, 0.4) is 0 Å². The molecule has 2 aliphatic rings. The van der Waals surface area contributed by atoms with Crippen molar-refractivity contribution in [3.63, 3.8) is 0 Å². The van der Waals surface area contributed by atoms with Crippen molar-refractivity contribution in [3.8, 4) is 11.5 Å². The van der Waals surface area contributed by atoms with Crippen molar-refractivity contribution in [2.24, 2.45) is 0 Å². The van der Waals surface area contributed by atoms with Crippen LogP contribution in [-0.2, 0) is 4.79 Å². The molecule has 2 atom stereocenters. The van der Waals surface area contributed by atoms with Crippen molar-refractivity contribution in [2.45, 2.75) is 38.8 Å². The average Bonchev–Trinajstić information content (AvgIpc) is 2.38. The minimum atomic E-state index is -0.777. The molecule has 3 rings (SSSR count). The first-order valence-corrected chi connectivity index (χ1v) is 7.12. The van der Waals surface area contributed by atoms with Gasteiger partial charge in [-0.1, -0.05) is 12.1 Å². The Morgan fingerprint density at radius 2 is 2.33 bits per heavy atom. The van der Waals surface area contributed by atoms with Crippen LogP contribution in [0.5, 0.6) is 11.5 Å². The number of rotatable bonds is 2. The molecule has 0 spiro atoms. The zero-order chi connectivity index (χ0) is 15.2. The molecular weight excluding hydrogens is 270 g/mol. The van der Waals surface area contributed by atoms with Gasteiger partial charge in [0.05, 0.1) is 17.9 Å². The molecule has 2 heterocycles. The summed E-state index contributed by atoms with van der Waals surface area (Å²) in [5, 5.41) is 12.7. The minimum absolute atomic E-state index is 0.0502. The number of allylic oxidation sites excluding steroid dienone is 1. The third kappa shape index (κ3) is 2.13. The summed E-state index contributed by atoms with van der Waals surface area (Å²) in [4.78, 5) is 12.2. The fraction of sp³-hybridized carbons (Fsp3) is 0.438. The lowest BCUT2D eigenvalue weighted by atomic mass is 9.78. The Morgan fingerprint density at radius 3 is 3.00 bits per heavy atom. The van der Waals surface area contributed by atoms with E-state index >= 15 is 0 Å². The fourth-order valence-electron chi connectivity index (χ4n) is 3.17. The zero-order valence-electron chi connectivity index (χ0n) is 12.4. The highest BCUT2D eigenvalue weighted by atomic mass is 16.5. The summed E-state index contributed by atoms with van der Waals surface area (Å²) in [6.45, 7) is 5.83. The van der Waals surface area contributed by atoms with Crippen LogP contribution >= 0.6 is 0 Å². The Bertz CT molecular complexity index is 633. The van der Waals surface area contributed by atoms with E-state index in [1.165, 1.54) is 0 Å². The summed E-state index contributed by atoms with van der Waals surface area (Å²) in [6.07, 6.45) is 0.592. The van der Waals surface area contributed by atoms with Gasteiger partial charge in [0.1, 0.15) is 0 Å². The molecule has 1 aromatic carbocycles. The van der Waals surface area contributed by atoms with Crippen molar-refractivity contribution in [3.05, 3.63) is 35.1 Å². The molecule has 0 saturated carbocycles. The van der Waals surface area contributed by atoms with Gasteiger partial charge in [-0.25, -0.2) is 0 Å². The molecular formula is C16H19NO4. The lowest BCUT2D eigenvalue weighted by Gasteiger charge is -2.45. The second kappa shape index (κ2) is 4.69. The number of carbonyl (C=O) groups excluding carboxylic acids is 1. The van der Waals surface area contributed by atoms with E-state index in [9.17, 15) is 9.90 Å². The molecule has 2 bridgehead atoms. The zero-order valence-corrected chi connectivity index (χ0v) is 12.4. The highest BCUT2D eigenvalue weighted by Gasteiger charge is 2.48. The number of hydrogen-bond acceptors (Lipinski definition) is 4. The third-order valence-corrected chi connectivity index (χ3v) is 3.97. The average molecular weight is 289 g/mol. The molecule has 1 saturated heterocycles. The number of nitrogens with one attached hydrogen (secondary N) is 1. The number of fused-ring (bicyclic) bond motifs is 4. The van der Waals surface area contributed by atoms with Gasteiger partial charge in [-0.05, 0) is 26.8 Å². The molecule has 5 heteroatoms. The van der Waals surface area contributed by atoms with Crippen LogP contribution < -0.4 is 14.8 Å². The first kappa shape index (κ1) is 13.8. The van der Waals surface area contributed by atoms with Crippen LogP contribution in [0.1, 0.15) is 38.7 Å². The number of aliphatic hydroxyl groups excluding tert-OH is 1. The van der Waals surface area contributed by atoms with Crippen LogP contribution in [0, 0.1) is 0 Å². The second-order valence-electron chi connectivity index (χ2n) is 5.65. The van der Waals surface area contributed by atoms with Crippen LogP contribution in [0.25, 0.3) is 0 Å². The Balaban J connectivity index is 2.18. The van der Waals surface area contributed by atoms with Gasteiger partial charge in [-0.15, -0.1) is 0 Å². The molecule has 1 amide bonds. The summed E-state index contributed by atoms with van der Waals surface area (Å²) in [5.74, 6) is 0.905. The summed E-state index contributed by atoms with van der Waals surface area (Å²) < 4.78 is 11.6. The van der Waals surface area contributed by atoms with Gasteiger partial charge < -0.3 is 19.9 Å². The number of piperidine rings is 1. The van der Waals surface area contributed by atoms with Gasteiger partial charge in [0.15, 0.2) is 17.2 Å². The number of hydrogen-bond donors (Lipinski definition) is 2. The van der Waals surface area contributed by atoms with Crippen LogP contribution in [0.4, 0.5) is 0 Å². The standard InChI is InChI=1S/C16H19NO4/c1-4-20-12-7-5-6-10-11-8-16(3,21-14(10)12)17-15(19)13(11)9(2)18/h5-7,11,18H,4,8H2,1-3H3,(H,17,19)/b13-9-. The molecule has 2 unspecified atom stereocenters. The van der Waals surface area contributed by atoms with Gasteiger partial charge in [-0.2, -0.15) is 0 Å². The maximum Gasteiger partial charge on any atom is 0.254 e. The topological polar surface area (TPSA) is 67.8 Å². The van der Waals surface area contributed by atoms with E-state index in [4.69, 9.17) is 9.47 Å². The van der Waals surface area contributed by atoms with E-state index < -0.39 is 5.72 Å². The quantitative estimate of drug-likeness (QED) is 0.649. The van der Waals surface area contributed by atoms with Gasteiger partial charge in [0.25, 0.3) is 5.91 Å². The van der Waals surface area contributed by atoms with Crippen molar-refractivity contribution in [2.75, 3.05) is 6.61 Å². The van der Waals surface area contributed by atoms with E-state index in [2.05, 4.69) is 5.32 Å². The normalized spacial score (nSPS) is 29.1. The van der Waals surface area contributed by atoms with Crippen molar-refractivity contribution < 1.29 is 19.4 Å². The third-order valence-electron chi connectivity index (χ3n) is 3.97. The molecule has 0 aromatic heterocycles. The first-order valence-electron chi connectivity index (χ1n) is 7.12. The minimum Gasteiger partial charge on any atom is -0.512 e. The Hall–Kier alpha value is -2.17. The van der Waals surface area contributed by atoms with Crippen LogP contribution in [0.2, 0.25) is 0 Å². The van der Waals surface area contributed by atoms with Crippen molar-refractivity contribution in [1.29, 1.82) is 0 Å². The number of benzene rings is 1. The molecule has 2 N–H and O–H groups in total. The number of para-hydroxylation sites is 1. The van der Waals surface area contributed by atoms with Crippen molar-refractivity contribution >= 4 is 5.91 Å². The highest BCUT2D eigenvalue weighted by molar-refractivity contribution is 5.97. The Morgan fingerprint density at radius 1 is 1.57 bits per heavy atom. The predicted octanol–water partition coefficient (Wildman–Crippen LogP) is 2.63. The molecule has 0 radical (unpaired) electrons. The maximum atomic E-state index is 12.2. The monoisotopic (exact) mass is 289 g/mol. The number of carbonyl (C=O) groups is 1. The fourth-order valence-corrected chi connectivity index (χ4v) is 3.17. The molecule has 1 aromatic rings. The van der Waals surface area contributed by atoms with Crippen LogP contribution in [0.15, 0.2) is 29.5 Å². The molecule has 0 aliphatic carbocycles. The van der Waals surface area contributed by atoms with Crippen molar-refractivity contribution in [1.82, 2.24) is 5.32 Å². The van der Waals surface area contributed by atoms with Gasteiger partial charge in [-0.3, -0.25) is 4.79 Å². The van der Waals surface area contributed by atoms with E-state index in [0.29, 0.717) is 30.1 Å². The number of ether oxygens (including phenoxy) is 2. The summed E-state index contributed by atoms with van der Waals surface area (Å²) in [5.41, 5.74) is 0.517. The maximum absolute atomic E-state index is 12.2. The van der Waals surface area contributed by atoms with E-state index in [1.54, 1.807) is 6.92 Å². The predicted molar refractivity (Wildman–Crippen MR) is 77.5 cm³/mol. The number of amides is 1. The van der Waals surface area contributed by atoms with Gasteiger partial charge in [0, 0.05) is 17.9 Å². The number of aliphatic hydroxyl groups is 1. The summed E-state index contributed by atoms with van der Waals surface area (Å²) in [7, 11) is 0. The van der Waals surface area contributed by atoms with E-state index in [1.807, 2.05) is 32.0 Å². The largest absolute Gasteiger partial charge is 0.512 e. The van der Waals surface area contributed by atoms with Crippen LogP contribution in [-0.4, -0.2) is 23.3 Å². The smallest absolute Gasteiger partial charge is 0.254 e. The van der Waals surface area contributed by atoms with E-state index in [0.717, 1.165) is 5.56 Å². The SMILES string of the molecule is CCOc1cccc2c1OC1(C)CC2/C(=C(\C)O)C(=O)N1. The highest BCUT2D eigenvalue weighted by Crippen LogP contribution is 2.50. The lowest BCUT2D eigenvalue weighted by Crippen LogP contribution is -2.58. The molecule has 112 valence electrons. The lowest BCUT2D eigenvalue weighted by molar-refractivity contribution is -0.127. The molecule has 2 aliphatic heterocycles.